The highest BCUT2D eigenvalue weighted by Gasteiger charge is 2.28. The van der Waals surface area contributed by atoms with Crippen LogP contribution in [0, 0.1) is 18.6 Å². The number of hydrogen-bond donors (Lipinski definition) is 2. The van der Waals surface area contributed by atoms with Crippen molar-refractivity contribution in [3.63, 3.8) is 0 Å². The first-order valence-electron chi connectivity index (χ1n) is 6.31. The van der Waals surface area contributed by atoms with Crippen LogP contribution in [0.3, 0.4) is 0 Å². The molecule has 6 heteroatoms. The van der Waals surface area contributed by atoms with Crippen molar-refractivity contribution in [2.24, 2.45) is 0 Å². The van der Waals surface area contributed by atoms with Gasteiger partial charge in [-0.25, -0.2) is 8.78 Å². The first-order chi connectivity index (χ1) is 9.81. The number of rotatable bonds is 4. The largest absolute Gasteiger partial charge is 0.383 e. The second-order valence-electron chi connectivity index (χ2n) is 5.01. The maximum absolute atomic E-state index is 13.7. The van der Waals surface area contributed by atoms with E-state index in [1.807, 2.05) is 13.0 Å². The van der Waals surface area contributed by atoms with Gasteiger partial charge in [-0.3, -0.25) is 4.79 Å². The van der Waals surface area contributed by atoms with E-state index in [0.29, 0.717) is 10.9 Å². The maximum atomic E-state index is 13.7. The summed E-state index contributed by atoms with van der Waals surface area (Å²) in [7, 11) is 0. The van der Waals surface area contributed by atoms with E-state index in [-0.39, 0.29) is 18.0 Å². The van der Waals surface area contributed by atoms with Crippen LogP contribution in [0.15, 0.2) is 29.6 Å². The Morgan fingerprint density at radius 2 is 2.10 bits per heavy atom. The summed E-state index contributed by atoms with van der Waals surface area (Å²) < 4.78 is 26.6. The molecule has 1 amide bonds. The van der Waals surface area contributed by atoms with E-state index < -0.39 is 17.2 Å². The van der Waals surface area contributed by atoms with Crippen LogP contribution in [0.2, 0.25) is 0 Å². The maximum Gasteiger partial charge on any atom is 0.261 e. The molecular formula is C15H15F2NO2S. The van der Waals surface area contributed by atoms with Gasteiger partial charge in [-0.2, -0.15) is 0 Å². The molecule has 0 fully saturated rings. The van der Waals surface area contributed by atoms with Gasteiger partial charge in [0.2, 0.25) is 0 Å². The van der Waals surface area contributed by atoms with Crippen LogP contribution >= 0.6 is 11.3 Å². The molecule has 21 heavy (non-hydrogen) atoms. The van der Waals surface area contributed by atoms with Gasteiger partial charge >= 0.3 is 0 Å². The average molecular weight is 311 g/mol. The van der Waals surface area contributed by atoms with Crippen LogP contribution in [0.25, 0.3) is 0 Å². The fourth-order valence-electron chi connectivity index (χ4n) is 1.96. The van der Waals surface area contributed by atoms with Crippen LogP contribution in [-0.2, 0) is 5.60 Å². The minimum Gasteiger partial charge on any atom is -0.383 e. The standard InChI is InChI=1S/C15H15F2NO2S/c1-9-5-6-21-13(9)14(19)18-8-15(2,20)11-4-3-10(16)7-12(11)17/h3-7,20H,8H2,1-2H3,(H,18,19). The number of aliphatic hydroxyl groups is 1. The minimum atomic E-state index is -1.63. The van der Waals surface area contributed by atoms with Gasteiger partial charge < -0.3 is 10.4 Å². The molecule has 2 N–H and O–H groups in total. The van der Waals surface area contributed by atoms with Crippen molar-refractivity contribution in [2.45, 2.75) is 19.4 Å². The number of halogens is 2. The molecule has 1 unspecified atom stereocenters. The first kappa shape index (κ1) is 15.6. The molecule has 112 valence electrons. The highest BCUT2D eigenvalue weighted by Crippen LogP contribution is 2.24. The third-order valence-corrected chi connectivity index (χ3v) is 4.19. The molecule has 0 aliphatic carbocycles. The van der Waals surface area contributed by atoms with E-state index in [1.54, 1.807) is 5.38 Å². The topological polar surface area (TPSA) is 49.3 Å². The van der Waals surface area contributed by atoms with Crippen molar-refractivity contribution in [3.05, 3.63) is 57.3 Å². The van der Waals surface area contributed by atoms with E-state index in [0.717, 1.165) is 11.6 Å². The third-order valence-electron chi connectivity index (χ3n) is 3.17. The predicted octanol–water partition coefficient (Wildman–Crippen LogP) is 2.97. The van der Waals surface area contributed by atoms with E-state index in [4.69, 9.17) is 0 Å². The van der Waals surface area contributed by atoms with Gasteiger partial charge in [0.15, 0.2) is 0 Å². The molecule has 0 saturated heterocycles. The summed E-state index contributed by atoms with van der Waals surface area (Å²) in [6.07, 6.45) is 0. The molecule has 1 aromatic heterocycles. The monoisotopic (exact) mass is 311 g/mol. The molecule has 0 radical (unpaired) electrons. The Kier molecular flexibility index (Phi) is 4.39. The molecule has 0 bridgehead atoms. The normalized spacial score (nSPS) is 13.8. The lowest BCUT2D eigenvalue weighted by atomic mass is 9.95. The molecular weight excluding hydrogens is 296 g/mol. The molecule has 0 aliphatic rings. The zero-order chi connectivity index (χ0) is 15.6. The Labute approximate surface area is 125 Å². The lowest BCUT2D eigenvalue weighted by Gasteiger charge is -2.24. The van der Waals surface area contributed by atoms with Crippen molar-refractivity contribution >= 4 is 17.2 Å². The quantitative estimate of drug-likeness (QED) is 0.912. The number of aryl methyl sites for hydroxylation is 1. The van der Waals surface area contributed by atoms with Crippen LogP contribution in [-0.4, -0.2) is 17.6 Å². The Morgan fingerprint density at radius 3 is 2.67 bits per heavy atom. The predicted molar refractivity (Wildman–Crippen MR) is 77.3 cm³/mol. The summed E-state index contributed by atoms with van der Waals surface area (Å²) in [4.78, 5) is 12.5. The number of amides is 1. The fraction of sp³-hybridized carbons (Fsp3) is 0.267. The first-order valence-corrected chi connectivity index (χ1v) is 7.19. The van der Waals surface area contributed by atoms with Crippen molar-refractivity contribution in [3.8, 4) is 0 Å². The van der Waals surface area contributed by atoms with Crippen molar-refractivity contribution < 1.29 is 18.7 Å². The van der Waals surface area contributed by atoms with Gasteiger partial charge in [0.05, 0.1) is 11.4 Å². The molecule has 1 atom stereocenters. The Hall–Kier alpha value is -1.79. The summed E-state index contributed by atoms with van der Waals surface area (Å²) in [5.41, 5.74) is -0.851. The van der Waals surface area contributed by atoms with E-state index >= 15 is 0 Å². The van der Waals surface area contributed by atoms with E-state index in [1.165, 1.54) is 24.3 Å². The van der Waals surface area contributed by atoms with E-state index in [2.05, 4.69) is 5.32 Å². The van der Waals surface area contributed by atoms with Crippen molar-refractivity contribution in [1.82, 2.24) is 5.32 Å². The number of thiophene rings is 1. The van der Waals surface area contributed by atoms with Crippen LogP contribution in [0.4, 0.5) is 8.78 Å². The zero-order valence-corrected chi connectivity index (χ0v) is 12.4. The fourth-order valence-corrected chi connectivity index (χ4v) is 2.80. The molecule has 2 aromatic rings. The second-order valence-corrected chi connectivity index (χ2v) is 5.93. The van der Waals surface area contributed by atoms with Crippen LogP contribution in [0.5, 0.6) is 0 Å². The smallest absolute Gasteiger partial charge is 0.261 e. The lowest BCUT2D eigenvalue weighted by molar-refractivity contribution is 0.0495. The molecule has 0 aliphatic heterocycles. The summed E-state index contributed by atoms with van der Waals surface area (Å²) in [5.74, 6) is -1.89. The van der Waals surface area contributed by atoms with Gasteiger partial charge in [0, 0.05) is 11.6 Å². The summed E-state index contributed by atoms with van der Waals surface area (Å²) in [6, 6.07) is 4.76. The highest BCUT2D eigenvalue weighted by atomic mass is 32.1. The SMILES string of the molecule is Cc1ccsc1C(=O)NCC(C)(O)c1ccc(F)cc1F. The number of carbonyl (C=O) groups excluding carboxylic acids is 1. The Bertz CT molecular complexity index is 667. The molecule has 1 aromatic carbocycles. The highest BCUT2D eigenvalue weighted by molar-refractivity contribution is 7.12. The number of carbonyl (C=O) groups is 1. The zero-order valence-electron chi connectivity index (χ0n) is 11.6. The third kappa shape index (κ3) is 3.46. The molecule has 0 spiro atoms. The van der Waals surface area contributed by atoms with Crippen molar-refractivity contribution in [1.29, 1.82) is 0 Å². The Morgan fingerprint density at radius 1 is 1.38 bits per heavy atom. The molecule has 1 heterocycles. The van der Waals surface area contributed by atoms with Gasteiger partial charge in [-0.1, -0.05) is 6.07 Å². The number of hydrogen-bond acceptors (Lipinski definition) is 3. The molecule has 0 saturated carbocycles. The summed E-state index contributed by atoms with van der Waals surface area (Å²) in [5, 5.41) is 14.7. The number of nitrogens with one attached hydrogen (secondary N) is 1. The second kappa shape index (κ2) is 5.91. The van der Waals surface area contributed by atoms with Crippen LogP contribution in [0.1, 0.15) is 27.7 Å². The minimum absolute atomic E-state index is 0.0629. The number of benzene rings is 1. The van der Waals surface area contributed by atoms with Crippen LogP contribution < -0.4 is 5.32 Å². The van der Waals surface area contributed by atoms with Gasteiger partial charge in [0.25, 0.3) is 5.91 Å². The Balaban J connectivity index is 2.11. The summed E-state index contributed by atoms with van der Waals surface area (Å²) in [6.45, 7) is 3.00. The van der Waals surface area contributed by atoms with Gasteiger partial charge in [0.1, 0.15) is 17.2 Å². The van der Waals surface area contributed by atoms with Crippen molar-refractivity contribution in [2.75, 3.05) is 6.54 Å². The average Bonchev–Trinajstić information content (AvgIpc) is 2.82. The van der Waals surface area contributed by atoms with Gasteiger partial charge in [-0.15, -0.1) is 11.3 Å². The lowest BCUT2D eigenvalue weighted by Crippen LogP contribution is -2.39. The molecule has 3 nitrogen and oxygen atoms in total. The van der Waals surface area contributed by atoms with Gasteiger partial charge in [-0.05, 0) is 36.9 Å². The van der Waals surface area contributed by atoms with E-state index in [9.17, 15) is 18.7 Å². The molecule has 2 rings (SSSR count). The summed E-state index contributed by atoms with van der Waals surface area (Å²) >= 11 is 1.29.